The summed E-state index contributed by atoms with van der Waals surface area (Å²) in [5, 5.41) is 33.7. The van der Waals surface area contributed by atoms with Gasteiger partial charge in [-0.25, -0.2) is 0 Å². The van der Waals surface area contributed by atoms with E-state index in [2.05, 4.69) is 19.2 Å². The largest absolute Gasteiger partial charge is 0.394 e. The Morgan fingerprint density at radius 2 is 0.507 bits per heavy atom. The lowest BCUT2D eigenvalue weighted by atomic mass is 10.0. The third-order valence-electron chi connectivity index (χ3n) is 15.2. The average molecular weight is 949 g/mol. The zero-order chi connectivity index (χ0) is 48.6. The molecule has 402 valence electrons. The van der Waals surface area contributed by atoms with Crippen LogP contribution in [0.15, 0.2) is 0 Å². The second-order valence-electron chi connectivity index (χ2n) is 22.0. The molecule has 0 aliphatic heterocycles. The van der Waals surface area contributed by atoms with E-state index in [1.165, 1.54) is 308 Å². The van der Waals surface area contributed by atoms with Crippen LogP contribution < -0.4 is 5.32 Å². The van der Waals surface area contributed by atoms with E-state index in [0.717, 1.165) is 25.7 Å². The Morgan fingerprint density at radius 3 is 0.716 bits per heavy atom. The van der Waals surface area contributed by atoms with Gasteiger partial charge in [-0.05, 0) is 12.8 Å². The molecule has 0 aromatic heterocycles. The molecule has 0 aliphatic rings. The predicted molar refractivity (Wildman–Crippen MR) is 296 cm³/mol. The highest BCUT2D eigenvalue weighted by Gasteiger charge is 2.21. The van der Waals surface area contributed by atoms with Crippen molar-refractivity contribution in [3.05, 3.63) is 0 Å². The van der Waals surface area contributed by atoms with Crippen LogP contribution in [0.2, 0.25) is 0 Å². The number of aliphatic hydroxyl groups excluding tert-OH is 3. The minimum atomic E-state index is -0.746. The molecule has 5 nitrogen and oxygen atoms in total. The van der Waals surface area contributed by atoms with E-state index in [-0.39, 0.29) is 18.9 Å². The van der Waals surface area contributed by atoms with Crippen molar-refractivity contribution in [3.63, 3.8) is 0 Å². The molecule has 3 atom stereocenters. The fourth-order valence-electron chi connectivity index (χ4n) is 10.4. The lowest BCUT2D eigenvalue weighted by Crippen LogP contribution is -2.46. The van der Waals surface area contributed by atoms with Crippen LogP contribution in [0, 0.1) is 0 Å². The van der Waals surface area contributed by atoms with Gasteiger partial charge in [0, 0.05) is 0 Å². The quantitative estimate of drug-likeness (QED) is 0.0457. The normalized spacial score (nSPS) is 13.1. The number of aliphatic hydroxyl groups is 3. The van der Waals surface area contributed by atoms with Gasteiger partial charge in [-0.1, -0.05) is 348 Å². The molecule has 4 N–H and O–H groups in total. The summed E-state index contributed by atoms with van der Waals surface area (Å²) in [5.74, 6) is -0.273. The van der Waals surface area contributed by atoms with Crippen molar-refractivity contribution in [3.8, 4) is 0 Å². The number of nitrogens with one attached hydrogen (secondary N) is 1. The van der Waals surface area contributed by atoms with Crippen LogP contribution >= 0.6 is 0 Å². The number of amides is 1. The summed E-state index contributed by atoms with van der Waals surface area (Å²) in [6.45, 7) is 4.32. The van der Waals surface area contributed by atoms with Crippen molar-refractivity contribution < 1.29 is 20.1 Å². The molecule has 1 amide bonds. The zero-order valence-corrected chi connectivity index (χ0v) is 46.1. The maximum atomic E-state index is 12.6. The van der Waals surface area contributed by atoms with Crippen molar-refractivity contribution in [2.75, 3.05) is 6.61 Å². The van der Waals surface area contributed by atoms with E-state index in [9.17, 15) is 20.1 Å². The third kappa shape index (κ3) is 54.5. The Morgan fingerprint density at radius 1 is 0.313 bits per heavy atom. The SMILES string of the molecule is CCCCCCCCCCCCCCCCCCCCCCCCCCCCCCCCCCCC(O)CC(=O)NC(CO)C(O)CCCCCCCCCCCCCCCCCCCCC. The zero-order valence-electron chi connectivity index (χ0n) is 46.1. The molecule has 0 spiro atoms. The first-order chi connectivity index (χ1) is 33.0. The maximum absolute atomic E-state index is 12.6. The molecule has 0 aromatic rings. The van der Waals surface area contributed by atoms with Gasteiger partial charge in [0.05, 0.1) is 31.3 Å². The minimum absolute atomic E-state index is 0.0438. The Kier molecular flexibility index (Phi) is 57.4. The fourth-order valence-corrected chi connectivity index (χ4v) is 10.4. The fraction of sp³-hybridized carbons (Fsp3) is 0.984. The highest BCUT2D eigenvalue weighted by atomic mass is 16.3. The Hall–Kier alpha value is -0.650. The molecule has 0 saturated carbocycles. The Labute approximate surface area is 421 Å². The van der Waals surface area contributed by atoms with Gasteiger partial charge in [-0.2, -0.15) is 0 Å². The van der Waals surface area contributed by atoms with Crippen molar-refractivity contribution in [2.24, 2.45) is 0 Å². The Balaban J connectivity index is 3.43. The number of carbonyl (C=O) groups is 1. The van der Waals surface area contributed by atoms with Crippen molar-refractivity contribution in [2.45, 2.75) is 385 Å². The van der Waals surface area contributed by atoms with E-state index in [0.29, 0.717) is 12.8 Å². The van der Waals surface area contributed by atoms with Crippen LogP contribution in [0.1, 0.15) is 367 Å². The van der Waals surface area contributed by atoms with E-state index in [1.54, 1.807) is 0 Å². The van der Waals surface area contributed by atoms with Crippen LogP contribution in [-0.4, -0.2) is 46.1 Å². The third-order valence-corrected chi connectivity index (χ3v) is 15.2. The van der Waals surface area contributed by atoms with Crippen molar-refractivity contribution in [1.82, 2.24) is 5.32 Å². The molecule has 67 heavy (non-hydrogen) atoms. The monoisotopic (exact) mass is 948 g/mol. The van der Waals surface area contributed by atoms with Crippen LogP contribution in [0.5, 0.6) is 0 Å². The molecular weight excluding hydrogens is 823 g/mol. The number of unbranched alkanes of at least 4 members (excludes halogenated alkanes) is 50. The van der Waals surface area contributed by atoms with Gasteiger partial charge in [0.25, 0.3) is 0 Å². The first-order valence-electron chi connectivity index (χ1n) is 31.3. The minimum Gasteiger partial charge on any atom is -0.394 e. The molecule has 0 rings (SSSR count). The molecule has 0 bridgehead atoms. The van der Waals surface area contributed by atoms with E-state index < -0.39 is 18.2 Å². The maximum Gasteiger partial charge on any atom is 0.222 e. The first-order valence-corrected chi connectivity index (χ1v) is 31.3. The summed E-state index contributed by atoms with van der Waals surface area (Å²) < 4.78 is 0. The molecule has 0 fully saturated rings. The van der Waals surface area contributed by atoms with Crippen LogP contribution in [0.4, 0.5) is 0 Å². The van der Waals surface area contributed by atoms with Gasteiger partial charge in [-0.15, -0.1) is 0 Å². The topological polar surface area (TPSA) is 89.8 Å². The number of hydrogen-bond acceptors (Lipinski definition) is 4. The van der Waals surface area contributed by atoms with E-state index in [4.69, 9.17) is 0 Å². The van der Waals surface area contributed by atoms with Crippen LogP contribution in [0.25, 0.3) is 0 Å². The lowest BCUT2D eigenvalue weighted by Gasteiger charge is -2.23. The predicted octanol–water partition coefficient (Wildman–Crippen LogP) is 19.7. The van der Waals surface area contributed by atoms with Crippen LogP contribution in [-0.2, 0) is 4.79 Å². The van der Waals surface area contributed by atoms with Crippen LogP contribution in [0.3, 0.4) is 0 Å². The summed E-state index contributed by atoms with van der Waals surface area (Å²) in [4.78, 5) is 12.6. The second-order valence-corrected chi connectivity index (χ2v) is 22.0. The van der Waals surface area contributed by atoms with Gasteiger partial charge >= 0.3 is 0 Å². The molecule has 0 aliphatic carbocycles. The van der Waals surface area contributed by atoms with Gasteiger partial charge in [0.1, 0.15) is 0 Å². The van der Waals surface area contributed by atoms with E-state index >= 15 is 0 Å². The second kappa shape index (κ2) is 57.9. The summed E-state index contributed by atoms with van der Waals surface area (Å²) in [5.41, 5.74) is 0. The number of hydrogen-bond donors (Lipinski definition) is 4. The Bertz CT molecular complexity index is 914. The smallest absolute Gasteiger partial charge is 0.222 e. The molecule has 3 unspecified atom stereocenters. The average Bonchev–Trinajstić information content (AvgIpc) is 3.32. The summed E-state index contributed by atoms with van der Waals surface area (Å²) >= 11 is 0. The lowest BCUT2D eigenvalue weighted by molar-refractivity contribution is -0.125. The molecule has 0 radical (unpaired) electrons. The molecule has 0 saturated heterocycles. The number of rotatable bonds is 59. The molecule has 0 heterocycles. The summed E-state index contributed by atoms with van der Waals surface area (Å²) in [7, 11) is 0. The van der Waals surface area contributed by atoms with Gasteiger partial charge < -0.3 is 20.6 Å². The molecule has 0 aromatic carbocycles. The molecule has 5 heteroatoms. The van der Waals surface area contributed by atoms with Gasteiger partial charge in [-0.3, -0.25) is 4.79 Å². The summed E-state index contributed by atoms with van der Waals surface area (Å²) in [6.07, 6.45) is 71.5. The standard InChI is InChI=1S/C62H125NO4/c1-3-5-7-9-11-13-15-17-19-21-23-24-25-26-27-28-29-30-31-32-33-34-35-36-38-39-41-43-45-47-49-51-53-55-59(65)57-62(67)63-60(58-64)61(66)56-54-52-50-48-46-44-42-40-37-22-20-18-16-14-12-10-8-6-4-2/h59-61,64-66H,3-58H2,1-2H3,(H,63,67). The highest BCUT2D eigenvalue weighted by Crippen LogP contribution is 2.19. The molecular formula is C62H125NO4. The first kappa shape index (κ1) is 66.3. The highest BCUT2D eigenvalue weighted by molar-refractivity contribution is 5.76. The number of carbonyl (C=O) groups excluding carboxylic acids is 1. The van der Waals surface area contributed by atoms with Crippen molar-refractivity contribution in [1.29, 1.82) is 0 Å². The van der Waals surface area contributed by atoms with E-state index in [1.807, 2.05) is 0 Å². The van der Waals surface area contributed by atoms with Gasteiger partial charge in [0.2, 0.25) is 5.91 Å². The summed E-state index contributed by atoms with van der Waals surface area (Å²) in [6, 6.07) is -0.654. The van der Waals surface area contributed by atoms with Crippen molar-refractivity contribution >= 4 is 5.91 Å². The van der Waals surface area contributed by atoms with Gasteiger partial charge in [0.15, 0.2) is 0 Å².